The zero-order chi connectivity index (χ0) is 11.6. The third-order valence-electron chi connectivity index (χ3n) is 4.59. The molecule has 0 bridgehead atoms. The summed E-state index contributed by atoms with van der Waals surface area (Å²) in [6.07, 6.45) is 9.61. The minimum absolute atomic E-state index is 0.382. The Bertz CT molecular complexity index is 221. The molecule has 0 radical (unpaired) electrons. The van der Waals surface area contributed by atoms with Gasteiger partial charge in [0.2, 0.25) is 0 Å². The van der Waals surface area contributed by atoms with Gasteiger partial charge < -0.3 is 10.4 Å². The molecule has 2 N–H and O–H groups in total. The Balaban J connectivity index is 1.71. The number of rotatable bonds is 3. The van der Waals surface area contributed by atoms with Crippen molar-refractivity contribution in [1.29, 1.82) is 0 Å². The Morgan fingerprint density at radius 3 is 2.19 bits per heavy atom. The van der Waals surface area contributed by atoms with E-state index >= 15 is 0 Å². The molecule has 0 spiro atoms. The van der Waals surface area contributed by atoms with Crippen LogP contribution in [0.15, 0.2) is 0 Å². The normalized spacial score (nSPS) is 29.4. The lowest BCUT2D eigenvalue weighted by Gasteiger charge is -2.36. The fourth-order valence-corrected chi connectivity index (χ4v) is 3.15. The van der Waals surface area contributed by atoms with Crippen molar-refractivity contribution in [3.63, 3.8) is 0 Å². The zero-order valence-electron chi connectivity index (χ0n) is 10.9. The van der Waals surface area contributed by atoms with Crippen LogP contribution in [0.2, 0.25) is 0 Å². The average molecular weight is 225 g/mol. The van der Waals surface area contributed by atoms with E-state index in [2.05, 4.69) is 19.2 Å². The summed E-state index contributed by atoms with van der Waals surface area (Å²) in [6, 6.07) is 0.651. The molecule has 2 aliphatic carbocycles. The molecule has 0 saturated heterocycles. The van der Waals surface area contributed by atoms with Gasteiger partial charge in [-0.25, -0.2) is 0 Å². The third-order valence-corrected chi connectivity index (χ3v) is 4.59. The molecular weight excluding hydrogens is 198 g/mol. The maximum atomic E-state index is 10.3. The van der Waals surface area contributed by atoms with Gasteiger partial charge in [-0.3, -0.25) is 0 Å². The first-order chi connectivity index (χ1) is 7.49. The van der Waals surface area contributed by atoms with E-state index in [-0.39, 0.29) is 5.60 Å². The molecule has 0 unspecified atom stereocenters. The van der Waals surface area contributed by atoms with Gasteiger partial charge in [-0.05, 0) is 43.9 Å². The van der Waals surface area contributed by atoms with Crippen molar-refractivity contribution >= 4 is 0 Å². The van der Waals surface area contributed by atoms with E-state index in [1.807, 2.05) is 0 Å². The molecule has 0 atom stereocenters. The van der Waals surface area contributed by atoms with Crippen LogP contribution in [0.3, 0.4) is 0 Å². The Hall–Kier alpha value is -0.0800. The lowest BCUT2D eigenvalue weighted by Crippen LogP contribution is -2.44. The Morgan fingerprint density at radius 1 is 1.06 bits per heavy atom. The highest BCUT2D eigenvalue weighted by Gasteiger charge is 2.33. The lowest BCUT2D eigenvalue weighted by atomic mass is 9.75. The predicted octanol–water partition coefficient (Wildman–Crippen LogP) is 2.85. The maximum Gasteiger partial charge on any atom is 0.0771 e. The molecule has 0 aromatic heterocycles. The summed E-state index contributed by atoms with van der Waals surface area (Å²) in [5, 5.41) is 13.9. The molecule has 0 heterocycles. The molecular formula is C14H27NO. The molecule has 2 saturated carbocycles. The van der Waals surface area contributed by atoms with Crippen LogP contribution in [0, 0.1) is 5.41 Å². The van der Waals surface area contributed by atoms with E-state index in [1.165, 1.54) is 38.5 Å². The summed E-state index contributed by atoms with van der Waals surface area (Å²) in [5.41, 5.74) is 0.162. The van der Waals surface area contributed by atoms with Crippen molar-refractivity contribution < 1.29 is 5.11 Å². The second-order valence-corrected chi connectivity index (χ2v) is 6.75. The van der Waals surface area contributed by atoms with Gasteiger partial charge >= 0.3 is 0 Å². The van der Waals surface area contributed by atoms with Crippen LogP contribution in [0.4, 0.5) is 0 Å². The van der Waals surface area contributed by atoms with E-state index < -0.39 is 0 Å². The van der Waals surface area contributed by atoms with Gasteiger partial charge in [-0.1, -0.05) is 26.7 Å². The van der Waals surface area contributed by atoms with Crippen molar-refractivity contribution in [1.82, 2.24) is 5.32 Å². The van der Waals surface area contributed by atoms with Gasteiger partial charge in [-0.2, -0.15) is 0 Å². The van der Waals surface area contributed by atoms with Gasteiger partial charge in [0.05, 0.1) is 5.60 Å². The van der Waals surface area contributed by atoms with Gasteiger partial charge in [0, 0.05) is 12.6 Å². The Morgan fingerprint density at radius 2 is 1.62 bits per heavy atom. The molecule has 94 valence electrons. The Labute approximate surface area is 99.8 Å². The summed E-state index contributed by atoms with van der Waals surface area (Å²) in [6.45, 7) is 5.56. The second-order valence-electron chi connectivity index (χ2n) is 6.75. The molecule has 2 aliphatic rings. The standard InChI is InChI=1S/C14H27NO/c1-13(2)9-5-12(6-10-13)15-11-14(16)7-3-4-8-14/h12,15-16H,3-11H2,1-2H3. The van der Waals surface area contributed by atoms with Crippen molar-refractivity contribution in [3.8, 4) is 0 Å². The second kappa shape index (κ2) is 4.66. The van der Waals surface area contributed by atoms with Gasteiger partial charge in [0.25, 0.3) is 0 Å². The van der Waals surface area contributed by atoms with Gasteiger partial charge in [-0.15, -0.1) is 0 Å². The number of hydrogen-bond donors (Lipinski definition) is 2. The van der Waals surface area contributed by atoms with Crippen molar-refractivity contribution in [2.24, 2.45) is 5.41 Å². The molecule has 0 aromatic rings. The summed E-state index contributed by atoms with van der Waals surface area (Å²) < 4.78 is 0. The van der Waals surface area contributed by atoms with Crippen LogP contribution in [-0.2, 0) is 0 Å². The quantitative estimate of drug-likeness (QED) is 0.774. The number of aliphatic hydroxyl groups is 1. The smallest absolute Gasteiger partial charge is 0.0771 e. The summed E-state index contributed by atoms with van der Waals surface area (Å²) in [7, 11) is 0. The number of hydrogen-bond acceptors (Lipinski definition) is 2. The predicted molar refractivity (Wildman–Crippen MR) is 67.5 cm³/mol. The van der Waals surface area contributed by atoms with Gasteiger partial charge in [0.15, 0.2) is 0 Å². The first kappa shape index (κ1) is 12.4. The van der Waals surface area contributed by atoms with Crippen LogP contribution in [-0.4, -0.2) is 23.3 Å². The first-order valence-electron chi connectivity index (χ1n) is 6.95. The monoisotopic (exact) mass is 225 g/mol. The van der Waals surface area contributed by atoms with E-state index in [0.717, 1.165) is 19.4 Å². The van der Waals surface area contributed by atoms with Crippen molar-refractivity contribution in [2.45, 2.75) is 76.9 Å². The highest BCUT2D eigenvalue weighted by molar-refractivity contribution is 4.89. The minimum Gasteiger partial charge on any atom is -0.389 e. The molecule has 2 heteroatoms. The van der Waals surface area contributed by atoms with Crippen LogP contribution < -0.4 is 5.32 Å². The molecule has 0 amide bonds. The molecule has 2 fully saturated rings. The third kappa shape index (κ3) is 3.21. The molecule has 0 aliphatic heterocycles. The van der Waals surface area contributed by atoms with Crippen molar-refractivity contribution in [2.75, 3.05) is 6.54 Å². The van der Waals surface area contributed by atoms with Crippen LogP contribution in [0.25, 0.3) is 0 Å². The fraction of sp³-hybridized carbons (Fsp3) is 1.00. The van der Waals surface area contributed by atoms with Crippen LogP contribution in [0.5, 0.6) is 0 Å². The summed E-state index contributed by atoms with van der Waals surface area (Å²) in [5.74, 6) is 0. The van der Waals surface area contributed by atoms with E-state index in [1.54, 1.807) is 0 Å². The minimum atomic E-state index is -0.382. The maximum absolute atomic E-state index is 10.3. The lowest BCUT2D eigenvalue weighted by molar-refractivity contribution is 0.0415. The van der Waals surface area contributed by atoms with Crippen molar-refractivity contribution in [3.05, 3.63) is 0 Å². The van der Waals surface area contributed by atoms with E-state index in [4.69, 9.17) is 0 Å². The van der Waals surface area contributed by atoms with Crippen LogP contribution >= 0.6 is 0 Å². The van der Waals surface area contributed by atoms with E-state index in [0.29, 0.717) is 11.5 Å². The van der Waals surface area contributed by atoms with Crippen LogP contribution in [0.1, 0.15) is 65.2 Å². The topological polar surface area (TPSA) is 32.3 Å². The molecule has 2 rings (SSSR count). The summed E-state index contributed by atoms with van der Waals surface area (Å²) in [4.78, 5) is 0. The Kier molecular flexibility index (Phi) is 3.60. The number of nitrogens with one attached hydrogen (secondary N) is 1. The van der Waals surface area contributed by atoms with Gasteiger partial charge in [0.1, 0.15) is 0 Å². The molecule has 0 aromatic carbocycles. The molecule has 16 heavy (non-hydrogen) atoms. The summed E-state index contributed by atoms with van der Waals surface area (Å²) >= 11 is 0. The van der Waals surface area contributed by atoms with E-state index in [9.17, 15) is 5.11 Å². The first-order valence-corrected chi connectivity index (χ1v) is 6.95. The average Bonchev–Trinajstić information content (AvgIpc) is 2.64. The SMILES string of the molecule is CC1(C)CCC(NCC2(O)CCCC2)CC1. The highest BCUT2D eigenvalue weighted by atomic mass is 16.3. The zero-order valence-corrected chi connectivity index (χ0v) is 10.9. The molecule has 2 nitrogen and oxygen atoms in total. The fourth-order valence-electron chi connectivity index (χ4n) is 3.15. The highest BCUT2D eigenvalue weighted by Crippen LogP contribution is 2.35. The largest absolute Gasteiger partial charge is 0.389 e.